The number of hydrogen-bond donors (Lipinski definition) is 0. The fraction of sp³-hybridized carbons (Fsp3) is 0.400. The van der Waals surface area contributed by atoms with Crippen molar-refractivity contribution in [3.8, 4) is 6.07 Å². The molecule has 1 aromatic rings. The lowest BCUT2D eigenvalue weighted by Gasteiger charge is -2.05. The number of carbonyl (C=O) groups is 1. The molecule has 0 aliphatic carbocycles. The zero-order valence-corrected chi connectivity index (χ0v) is 9.10. The summed E-state index contributed by atoms with van der Waals surface area (Å²) in [5, 5.41) is 10.3. The van der Waals surface area contributed by atoms with Gasteiger partial charge in [-0.25, -0.2) is 0 Å². The third-order valence-electron chi connectivity index (χ3n) is 1.67. The average molecular weight is 208 g/mol. The van der Waals surface area contributed by atoms with Crippen LogP contribution in [0.15, 0.2) is 11.4 Å². The molecule has 0 radical (unpaired) electrons. The standard InChI is InChI=1S/C10H12N2OS/c1-12(2)6-9(13)10-5-8(3-4-11)7-14-10/h5,7H,3,6H2,1-2H3. The second-order valence-corrected chi connectivity index (χ2v) is 4.23. The minimum atomic E-state index is 0.115. The second kappa shape index (κ2) is 4.89. The Morgan fingerprint density at radius 2 is 2.36 bits per heavy atom. The van der Waals surface area contributed by atoms with E-state index in [1.165, 1.54) is 11.3 Å². The van der Waals surface area contributed by atoms with Gasteiger partial charge in [-0.15, -0.1) is 11.3 Å². The molecule has 0 fully saturated rings. The lowest BCUT2D eigenvalue weighted by atomic mass is 10.2. The molecule has 0 saturated heterocycles. The Balaban J connectivity index is 2.67. The van der Waals surface area contributed by atoms with E-state index in [9.17, 15) is 4.79 Å². The van der Waals surface area contributed by atoms with Gasteiger partial charge in [0.25, 0.3) is 0 Å². The van der Waals surface area contributed by atoms with Gasteiger partial charge in [0, 0.05) is 0 Å². The van der Waals surface area contributed by atoms with Crippen LogP contribution < -0.4 is 0 Å². The van der Waals surface area contributed by atoms with E-state index >= 15 is 0 Å². The number of nitriles is 1. The van der Waals surface area contributed by atoms with Crippen LogP contribution in [0.2, 0.25) is 0 Å². The highest BCUT2D eigenvalue weighted by Crippen LogP contribution is 2.15. The molecule has 0 amide bonds. The highest BCUT2D eigenvalue weighted by molar-refractivity contribution is 7.12. The predicted molar refractivity (Wildman–Crippen MR) is 56.5 cm³/mol. The van der Waals surface area contributed by atoms with Crippen molar-refractivity contribution in [3.63, 3.8) is 0 Å². The SMILES string of the molecule is CN(C)CC(=O)c1cc(CC#N)cs1. The van der Waals surface area contributed by atoms with Crippen molar-refractivity contribution in [2.45, 2.75) is 6.42 Å². The fourth-order valence-corrected chi connectivity index (χ4v) is 1.92. The number of nitrogens with zero attached hydrogens (tertiary/aromatic N) is 2. The van der Waals surface area contributed by atoms with Gasteiger partial charge in [-0.2, -0.15) is 5.26 Å². The van der Waals surface area contributed by atoms with E-state index < -0.39 is 0 Å². The quantitative estimate of drug-likeness (QED) is 0.705. The summed E-state index contributed by atoms with van der Waals surface area (Å²) in [6.07, 6.45) is 0.381. The van der Waals surface area contributed by atoms with E-state index in [2.05, 4.69) is 6.07 Å². The summed E-state index contributed by atoms with van der Waals surface area (Å²) in [6.45, 7) is 0.423. The van der Waals surface area contributed by atoms with Gasteiger partial charge < -0.3 is 4.90 Å². The zero-order valence-electron chi connectivity index (χ0n) is 8.28. The molecule has 0 saturated carbocycles. The number of carbonyl (C=O) groups excluding carboxylic acids is 1. The minimum absolute atomic E-state index is 0.115. The molecule has 3 nitrogen and oxygen atoms in total. The highest BCUT2D eigenvalue weighted by Gasteiger charge is 2.09. The van der Waals surface area contributed by atoms with Crippen molar-refractivity contribution in [2.24, 2.45) is 0 Å². The van der Waals surface area contributed by atoms with E-state index in [4.69, 9.17) is 5.26 Å². The number of Topliss-reactive ketones (excluding diaryl/α,β-unsaturated/α-hetero) is 1. The Bertz CT molecular complexity index is 362. The third kappa shape index (κ3) is 2.95. The van der Waals surface area contributed by atoms with Gasteiger partial charge in [-0.1, -0.05) is 0 Å². The Morgan fingerprint density at radius 3 is 2.93 bits per heavy atom. The van der Waals surface area contributed by atoms with Crippen molar-refractivity contribution in [1.29, 1.82) is 5.26 Å². The van der Waals surface area contributed by atoms with E-state index in [1.807, 2.05) is 24.4 Å². The summed E-state index contributed by atoms with van der Waals surface area (Å²) in [5.74, 6) is 0.115. The fourth-order valence-electron chi connectivity index (χ4n) is 1.07. The minimum Gasteiger partial charge on any atom is -0.302 e. The van der Waals surface area contributed by atoms with Crippen molar-refractivity contribution >= 4 is 17.1 Å². The van der Waals surface area contributed by atoms with E-state index in [0.717, 1.165) is 10.4 Å². The van der Waals surface area contributed by atoms with Gasteiger partial charge >= 0.3 is 0 Å². The molecule has 0 spiro atoms. The first-order valence-electron chi connectivity index (χ1n) is 4.25. The van der Waals surface area contributed by atoms with Crippen molar-refractivity contribution in [3.05, 3.63) is 21.9 Å². The second-order valence-electron chi connectivity index (χ2n) is 3.32. The number of thiophene rings is 1. The van der Waals surface area contributed by atoms with Gasteiger partial charge in [0.15, 0.2) is 5.78 Å². The molecule has 0 aliphatic rings. The maximum Gasteiger partial charge on any atom is 0.186 e. The van der Waals surface area contributed by atoms with Gasteiger partial charge in [0.1, 0.15) is 0 Å². The molecular formula is C10H12N2OS. The number of ketones is 1. The van der Waals surface area contributed by atoms with Crippen molar-refractivity contribution < 1.29 is 4.79 Å². The Hall–Kier alpha value is -1.18. The first-order chi connectivity index (χ1) is 6.63. The van der Waals surface area contributed by atoms with Gasteiger partial charge in [0.05, 0.1) is 23.9 Å². The Labute approximate surface area is 87.6 Å². The normalized spacial score (nSPS) is 10.1. The average Bonchev–Trinajstić information content (AvgIpc) is 2.52. The molecule has 1 rings (SSSR count). The molecule has 4 heteroatoms. The lowest BCUT2D eigenvalue weighted by molar-refractivity contribution is 0.0962. The molecule has 0 N–H and O–H groups in total. The molecule has 0 aromatic carbocycles. The van der Waals surface area contributed by atoms with E-state index in [-0.39, 0.29) is 5.78 Å². The van der Waals surface area contributed by atoms with Crippen molar-refractivity contribution in [2.75, 3.05) is 20.6 Å². The van der Waals surface area contributed by atoms with Gasteiger partial charge in [-0.3, -0.25) is 4.79 Å². The highest BCUT2D eigenvalue weighted by atomic mass is 32.1. The molecular weight excluding hydrogens is 196 g/mol. The van der Waals surface area contributed by atoms with Crippen LogP contribution in [0, 0.1) is 11.3 Å². The van der Waals surface area contributed by atoms with Gasteiger partial charge in [0.2, 0.25) is 0 Å². The van der Waals surface area contributed by atoms with E-state index in [1.54, 1.807) is 6.07 Å². The summed E-state index contributed by atoms with van der Waals surface area (Å²) in [6, 6.07) is 3.87. The van der Waals surface area contributed by atoms with Crippen LogP contribution in [0.1, 0.15) is 15.2 Å². The summed E-state index contributed by atoms with van der Waals surface area (Å²) < 4.78 is 0. The summed E-state index contributed by atoms with van der Waals surface area (Å²) in [5.41, 5.74) is 0.930. The molecule has 0 aliphatic heterocycles. The van der Waals surface area contributed by atoms with E-state index in [0.29, 0.717) is 13.0 Å². The number of rotatable bonds is 4. The zero-order chi connectivity index (χ0) is 10.6. The van der Waals surface area contributed by atoms with Crippen LogP contribution in [-0.4, -0.2) is 31.3 Å². The Morgan fingerprint density at radius 1 is 1.64 bits per heavy atom. The molecule has 0 bridgehead atoms. The summed E-state index contributed by atoms with van der Waals surface area (Å²) in [4.78, 5) is 14.1. The smallest absolute Gasteiger partial charge is 0.186 e. The molecule has 0 unspecified atom stereocenters. The van der Waals surface area contributed by atoms with Crippen LogP contribution >= 0.6 is 11.3 Å². The van der Waals surface area contributed by atoms with Crippen LogP contribution in [-0.2, 0) is 6.42 Å². The van der Waals surface area contributed by atoms with Gasteiger partial charge in [-0.05, 0) is 31.1 Å². The number of hydrogen-bond acceptors (Lipinski definition) is 4. The summed E-state index contributed by atoms with van der Waals surface area (Å²) >= 11 is 1.41. The molecule has 1 aromatic heterocycles. The van der Waals surface area contributed by atoms with Crippen LogP contribution in [0.25, 0.3) is 0 Å². The maximum absolute atomic E-state index is 11.6. The van der Waals surface area contributed by atoms with Crippen LogP contribution in [0.4, 0.5) is 0 Å². The molecule has 0 atom stereocenters. The third-order valence-corrected chi connectivity index (χ3v) is 2.69. The largest absolute Gasteiger partial charge is 0.302 e. The Kier molecular flexibility index (Phi) is 3.81. The maximum atomic E-state index is 11.6. The monoisotopic (exact) mass is 208 g/mol. The first kappa shape index (κ1) is 10.9. The molecule has 1 heterocycles. The topological polar surface area (TPSA) is 44.1 Å². The van der Waals surface area contributed by atoms with Crippen molar-refractivity contribution in [1.82, 2.24) is 4.90 Å². The van der Waals surface area contributed by atoms with Crippen LogP contribution in [0.3, 0.4) is 0 Å². The number of likely N-dealkylation sites (N-methyl/N-ethyl adjacent to an activating group) is 1. The first-order valence-corrected chi connectivity index (χ1v) is 5.13. The summed E-state index contributed by atoms with van der Waals surface area (Å²) in [7, 11) is 3.73. The van der Waals surface area contributed by atoms with Crippen LogP contribution in [0.5, 0.6) is 0 Å². The molecule has 74 valence electrons. The molecule has 14 heavy (non-hydrogen) atoms. The predicted octanol–water partition coefficient (Wildman–Crippen LogP) is 1.56. The lowest BCUT2D eigenvalue weighted by Crippen LogP contribution is -2.20.